The van der Waals surface area contributed by atoms with Crippen molar-refractivity contribution < 1.29 is 14.7 Å². The number of anilines is 1. The highest BCUT2D eigenvalue weighted by Crippen LogP contribution is 2.23. The van der Waals surface area contributed by atoms with Crippen molar-refractivity contribution in [2.24, 2.45) is 0 Å². The number of thiophene rings is 1. The molecule has 7 heteroatoms. The molecule has 0 bridgehead atoms. The SMILES string of the molecule is O=C(O)CONc1ncnc2sccc12. The number of hydrogen-bond donors (Lipinski definition) is 2. The summed E-state index contributed by atoms with van der Waals surface area (Å²) in [4.78, 5) is 23.7. The Morgan fingerprint density at radius 3 is 3.27 bits per heavy atom. The van der Waals surface area contributed by atoms with E-state index in [1.54, 1.807) is 0 Å². The van der Waals surface area contributed by atoms with Gasteiger partial charge in [-0.3, -0.25) is 4.84 Å². The second-order valence-electron chi connectivity index (χ2n) is 2.65. The number of aromatic nitrogens is 2. The zero-order chi connectivity index (χ0) is 10.7. The molecule has 0 unspecified atom stereocenters. The monoisotopic (exact) mass is 225 g/mol. The zero-order valence-electron chi connectivity index (χ0n) is 7.51. The van der Waals surface area contributed by atoms with Gasteiger partial charge >= 0.3 is 5.97 Å². The van der Waals surface area contributed by atoms with Gasteiger partial charge in [-0.25, -0.2) is 20.2 Å². The van der Waals surface area contributed by atoms with Crippen LogP contribution in [0.4, 0.5) is 5.82 Å². The third kappa shape index (κ3) is 2.20. The van der Waals surface area contributed by atoms with E-state index in [0.29, 0.717) is 5.82 Å². The summed E-state index contributed by atoms with van der Waals surface area (Å²) in [7, 11) is 0. The standard InChI is InChI=1S/C8H7N3O3S/c12-6(13)3-14-11-7-5-1-2-15-8(5)10-4-9-7/h1-2,4H,3H2,(H,12,13)(H,9,10,11). The lowest BCUT2D eigenvalue weighted by Crippen LogP contribution is -2.12. The quantitative estimate of drug-likeness (QED) is 0.758. The molecule has 2 aromatic heterocycles. The van der Waals surface area contributed by atoms with Crippen LogP contribution in [0.2, 0.25) is 0 Å². The van der Waals surface area contributed by atoms with Crippen molar-refractivity contribution >= 4 is 33.3 Å². The van der Waals surface area contributed by atoms with Gasteiger partial charge in [0, 0.05) is 0 Å². The number of fused-ring (bicyclic) bond motifs is 1. The Morgan fingerprint density at radius 2 is 2.47 bits per heavy atom. The molecule has 0 spiro atoms. The van der Waals surface area contributed by atoms with Crippen LogP contribution in [0.3, 0.4) is 0 Å². The van der Waals surface area contributed by atoms with Gasteiger partial charge in [-0.1, -0.05) is 0 Å². The van der Waals surface area contributed by atoms with Crippen LogP contribution >= 0.6 is 11.3 Å². The summed E-state index contributed by atoms with van der Waals surface area (Å²) < 4.78 is 0. The van der Waals surface area contributed by atoms with Gasteiger partial charge in [0.25, 0.3) is 0 Å². The predicted molar refractivity (Wildman–Crippen MR) is 54.6 cm³/mol. The number of nitrogens with one attached hydrogen (secondary N) is 1. The van der Waals surface area contributed by atoms with Crippen LogP contribution in [0.25, 0.3) is 10.2 Å². The third-order valence-corrected chi connectivity index (χ3v) is 2.45. The average Bonchev–Trinajstić information content (AvgIpc) is 2.65. The maximum absolute atomic E-state index is 10.2. The highest BCUT2D eigenvalue weighted by atomic mass is 32.1. The summed E-state index contributed by atoms with van der Waals surface area (Å²) in [6, 6.07) is 1.84. The molecule has 0 saturated carbocycles. The number of carboxylic acid groups (broad SMARTS) is 1. The topological polar surface area (TPSA) is 84.3 Å². The number of rotatable bonds is 4. The van der Waals surface area contributed by atoms with Crippen molar-refractivity contribution in [2.45, 2.75) is 0 Å². The lowest BCUT2D eigenvalue weighted by molar-refractivity contribution is -0.141. The van der Waals surface area contributed by atoms with E-state index in [0.717, 1.165) is 10.2 Å². The molecule has 2 heterocycles. The summed E-state index contributed by atoms with van der Waals surface area (Å²) in [5.74, 6) is -0.569. The molecule has 78 valence electrons. The van der Waals surface area contributed by atoms with E-state index in [-0.39, 0.29) is 0 Å². The lowest BCUT2D eigenvalue weighted by atomic mass is 10.4. The molecule has 0 fully saturated rings. The van der Waals surface area contributed by atoms with Crippen LogP contribution in [-0.2, 0) is 9.63 Å². The Morgan fingerprint density at radius 1 is 1.60 bits per heavy atom. The maximum atomic E-state index is 10.2. The summed E-state index contributed by atoms with van der Waals surface area (Å²) >= 11 is 1.48. The van der Waals surface area contributed by atoms with Crippen molar-refractivity contribution in [3.63, 3.8) is 0 Å². The largest absolute Gasteiger partial charge is 0.479 e. The molecule has 0 aliphatic rings. The number of hydrogen-bond acceptors (Lipinski definition) is 6. The predicted octanol–water partition coefficient (Wildman–Crippen LogP) is 1.12. The highest BCUT2D eigenvalue weighted by Gasteiger charge is 2.04. The van der Waals surface area contributed by atoms with Crippen LogP contribution < -0.4 is 5.48 Å². The Bertz CT molecular complexity index is 485. The number of aliphatic carboxylic acids is 1. The lowest BCUT2D eigenvalue weighted by Gasteiger charge is -2.03. The Hall–Kier alpha value is -1.73. The van der Waals surface area contributed by atoms with Crippen LogP contribution in [0, 0.1) is 0 Å². The second-order valence-corrected chi connectivity index (χ2v) is 3.54. The first-order chi connectivity index (χ1) is 7.27. The van der Waals surface area contributed by atoms with Crippen molar-refractivity contribution in [2.75, 3.05) is 12.1 Å². The fraction of sp³-hybridized carbons (Fsp3) is 0.125. The van der Waals surface area contributed by atoms with Crippen LogP contribution in [-0.4, -0.2) is 27.7 Å². The van der Waals surface area contributed by atoms with Crippen molar-refractivity contribution in [3.8, 4) is 0 Å². The van der Waals surface area contributed by atoms with Gasteiger partial charge in [0.05, 0.1) is 5.39 Å². The zero-order valence-corrected chi connectivity index (χ0v) is 8.32. The maximum Gasteiger partial charge on any atom is 0.332 e. The van der Waals surface area contributed by atoms with E-state index in [1.807, 2.05) is 11.4 Å². The Balaban J connectivity index is 2.13. The van der Waals surface area contributed by atoms with Gasteiger partial charge in [0.2, 0.25) is 0 Å². The van der Waals surface area contributed by atoms with E-state index < -0.39 is 12.6 Å². The van der Waals surface area contributed by atoms with Crippen molar-refractivity contribution in [1.29, 1.82) is 0 Å². The summed E-state index contributed by atoms with van der Waals surface area (Å²) in [5.41, 5.74) is 2.48. The summed E-state index contributed by atoms with van der Waals surface area (Å²) in [6.07, 6.45) is 1.39. The number of carbonyl (C=O) groups is 1. The second kappa shape index (κ2) is 4.20. The molecule has 2 aromatic rings. The van der Waals surface area contributed by atoms with Crippen molar-refractivity contribution in [3.05, 3.63) is 17.8 Å². The molecule has 0 radical (unpaired) electrons. The molecular formula is C8H7N3O3S. The third-order valence-electron chi connectivity index (χ3n) is 1.63. The molecule has 2 rings (SSSR count). The molecule has 6 nitrogen and oxygen atoms in total. The van der Waals surface area contributed by atoms with Gasteiger partial charge in [-0.15, -0.1) is 11.3 Å². The molecule has 0 aliphatic heterocycles. The minimum atomic E-state index is -1.04. The van der Waals surface area contributed by atoms with Gasteiger partial charge in [0.15, 0.2) is 12.4 Å². The molecule has 0 amide bonds. The van der Waals surface area contributed by atoms with E-state index in [1.165, 1.54) is 17.7 Å². The summed E-state index contributed by atoms with van der Waals surface area (Å²) in [5, 5.41) is 11.1. The van der Waals surface area contributed by atoms with Crippen LogP contribution in [0.15, 0.2) is 17.8 Å². The first kappa shape index (κ1) is 9.81. The molecule has 0 saturated heterocycles. The number of nitrogens with zero attached hydrogens (tertiary/aromatic N) is 2. The van der Waals surface area contributed by atoms with Gasteiger partial charge < -0.3 is 5.11 Å². The minimum Gasteiger partial charge on any atom is -0.479 e. The van der Waals surface area contributed by atoms with Gasteiger partial charge in [0.1, 0.15) is 11.2 Å². The Kier molecular flexibility index (Phi) is 2.75. The average molecular weight is 225 g/mol. The molecule has 0 aliphatic carbocycles. The highest BCUT2D eigenvalue weighted by molar-refractivity contribution is 7.16. The Labute approximate surface area is 88.5 Å². The molecule has 2 N–H and O–H groups in total. The fourth-order valence-electron chi connectivity index (χ4n) is 1.04. The first-order valence-corrected chi connectivity index (χ1v) is 4.93. The smallest absolute Gasteiger partial charge is 0.332 e. The van der Waals surface area contributed by atoms with E-state index in [9.17, 15) is 4.79 Å². The van der Waals surface area contributed by atoms with Gasteiger partial charge in [-0.05, 0) is 11.4 Å². The molecule has 0 atom stereocenters. The molecule has 15 heavy (non-hydrogen) atoms. The van der Waals surface area contributed by atoms with Crippen LogP contribution in [0.5, 0.6) is 0 Å². The molecule has 0 aromatic carbocycles. The normalized spacial score (nSPS) is 10.4. The van der Waals surface area contributed by atoms with Crippen LogP contribution in [0.1, 0.15) is 0 Å². The minimum absolute atomic E-state index is 0.421. The van der Waals surface area contributed by atoms with Gasteiger partial charge in [-0.2, -0.15) is 0 Å². The first-order valence-electron chi connectivity index (χ1n) is 4.05. The number of carboxylic acids is 1. The van der Waals surface area contributed by atoms with E-state index >= 15 is 0 Å². The van der Waals surface area contributed by atoms with E-state index in [2.05, 4.69) is 15.4 Å². The summed E-state index contributed by atoms with van der Waals surface area (Å²) in [6.45, 7) is -0.421. The van der Waals surface area contributed by atoms with E-state index in [4.69, 9.17) is 9.94 Å². The fourth-order valence-corrected chi connectivity index (χ4v) is 1.77. The molecular weight excluding hydrogens is 218 g/mol. The van der Waals surface area contributed by atoms with Crippen molar-refractivity contribution in [1.82, 2.24) is 9.97 Å².